The highest BCUT2D eigenvalue weighted by atomic mass is 16.2. The van der Waals surface area contributed by atoms with Crippen LogP contribution in [0.5, 0.6) is 0 Å². The van der Waals surface area contributed by atoms with Gasteiger partial charge >= 0.3 is 0 Å². The molecule has 3 rings (SSSR count). The van der Waals surface area contributed by atoms with Crippen molar-refractivity contribution in [2.75, 3.05) is 18.5 Å². The van der Waals surface area contributed by atoms with Gasteiger partial charge in [-0.05, 0) is 24.0 Å². The smallest absolute Gasteiger partial charge is 0.274 e. The highest BCUT2D eigenvalue weighted by Gasteiger charge is 2.31. The maximum Gasteiger partial charge on any atom is 0.274 e. The minimum Gasteiger partial charge on any atom is -0.307 e. The van der Waals surface area contributed by atoms with Gasteiger partial charge in [-0.2, -0.15) is 5.10 Å². The average Bonchev–Trinajstić information content (AvgIpc) is 2.50. The second-order valence-electron chi connectivity index (χ2n) is 5.67. The molecule has 0 fully saturated rings. The van der Waals surface area contributed by atoms with Crippen LogP contribution in [0.4, 0.5) is 5.69 Å². The Balaban J connectivity index is 1.91. The van der Waals surface area contributed by atoms with Gasteiger partial charge in [-0.25, -0.2) is 5.01 Å². The van der Waals surface area contributed by atoms with Crippen molar-refractivity contribution >= 4 is 23.2 Å². The maximum absolute atomic E-state index is 12.7. The van der Waals surface area contributed by atoms with Gasteiger partial charge in [0, 0.05) is 32.1 Å². The lowest BCUT2D eigenvalue weighted by Gasteiger charge is -2.33. The van der Waals surface area contributed by atoms with E-state index in [4.69, 9.17) is 0 Å². The third kappa shape index (κ3) is 2.44. The van der Waals surface area contributed by atoms with Crippen LogP contribution in [0.1, 0.15) is 37.7 Å². The van der Waals surface area contributed by atoms with E-state index >= 15 is 0 Å². The zero-order valence-corrected chi connectivity index (χ0v) is 12.4. The molecule has 0 N–H and O–H groups in total. The minimum absolute atomic E-state index is 0.0424. The fourth-order valence-corrected chi connectivity index (χ4v) is 2.94. The van der Waals surface area contributed by atoms with Gasteiger partial charge in [0.1, 0.15) is 5.71 Å². The van der Waals surface area contributed by atoms with E-state index < -0.39 is 0 Å². The zero-order valence-electron chi connectivity index (χ0n) is 12.4. The van der Waals surface area contributed by atoms with Gasteiger partial charge in [0.15, 0.2) is 0 Å². The molecule has 0 bridgehead atoms. The molecule has 0 saturated heterocycles. The van der Waals surface area contributed by atoms with Gasteiger partial charge < -0.3 is 4.90 Å². The van der Waals surface area contributed by atoms with Crippen LogP contribution in [0.3, 0.4) is 0 Å². The number of fused-ring (bicyclic) bond motifs is 1. The molecular weight excluding hydrogens is 266 g/mol. The predicted molar refractivity (Wildman–Crippen MR) is 81.3 cm³/mol. The first-order valence-corrected chi connectivity index (χ1v) is 7.32. The van der Waals surface area contributed by atoms with Crippen molar-refractivity contribution in [2.24, 2.45) is 5.10 Å². The number of carbonyl (C=O) groups is 2. The third-order valence-electron chi connectivity index (χ3n) is 4.24. The first kappa shape index (κ1) is 13.8. The lowest BCUT2D eigenvalue weighted by atomic mass is 9.91. The summed E-state index contributed by atoms with van der Waals surface area (Å²) in [6.45, 7) is 2.89. The maximum atomic E-state index is 12.7. The number of anilines is 1. The van der Waals surface area contributed by atoms with E-state index in [2.05, 4.69) is 18.1 Å². The van der Waals surface area contributed by atoms with Gasteiger partial charge in [0.2, 0.25) is 5.91 Å². The molecule has 110 valence electrons. The van der Waals surface area contributed by atoms with Crippen molar-refractivity contribution in [3.63, 3.8) is 0 Å². The molecule has 0 aromatic heterocycles. The fourth-order valence-electron chi connectivity index (χ4n) is 2.94. The van der Waals surface area contributed by atoms with Gasteiger partial charge in [-0.1, -0.05) is 25.1 Å². The van der Waals surface area contributed by atoms with E-state index in [-0.39, 0.29) is 11.8 Å². The summed E-state index contributed by atoms with van der Waals surface area (Å²) in [4.78, 5) is 26.0. The average molecular weight is 285 g/mol. The Morgan fingerprint density at radius 3 is 2.81 bits per heavy atom. The Labute approximate surface area is 124 Å². The van der Waals surface area contributed by atoms with Gasteiger partial charge in [0.05, 0.1) is 0 Å². The van der Waals surface area contributed by atoms with Crippen molar-refractivity contribution in [1.29, 1.82) is 0 Å². The molecule has 21 heavy (non-hydrogen) atoms. The lowest BCUT2D eigenvalue weighted by Crippen LogP contribution is -2.43. The molecule has 1 atom stereocenters. The van der Waals surface area contributed by atoms with Crippen molar-refractivity contribution < 1.29 is 9.59 Å². The molecular formula is C16H19N3O2. The Morgan fingerprint density at radius 2 is 2.05 bits per heavy atom. The molecule has 2 aliphatic heterocycles. The topological polar surface area (TPSA) is 53.0 Å². The van der Waals surface area contributed by atoms with Gasteiger partial charge in [0.25, 0.3) is 5.91 Å². The van der Waals surface area contributed by atoms with Crippen molar-refractivity contribution in [2.45, 2.75) is 32.1 Å². The summed E-state index contributed by atoms with van der Waals surface area (Å²) in [5.74, 6) is 0.343. The van der Waals surface area contributed by atoms with Crippen LogP contribution < -0.4 is 4.90 Å². The standard InChI is InChI=1S/C16H19N3O2/c1-11-9-10-19(14-6-4-3-5-12(11)14)16(21)13-7-8-15(20)18(2)17-13/h3-6,11H,7-10H2,1-2H3. The number of hydrazone groups is 1. The van der Waals surface area contributed by atoms with Crippen LogP contribution in [-0.4, -0.2) is 36.1 Å². The number of carbonyl (C=O) groups excluding carboxylic acids is 2. The summed E-state index contributed by atoms with van der Waals surface area (Å²) < 4.78 is 0. The van der Waals surface area contributed by atoms with Crippen LogP contribution in [-0.2, 0) is 9.59 Å². The summed E-state index contributed by atoms with van der Waals surface area (Å²) in [6.07, 6.45) is 1.73. The van der Waals surface area contributed by atoms with Crippen LogP contribution >= 0.6 is 0 Å². The van der Waals surface area contributed by atoms with Crippen LogP contribution in [0.25, 0.3) is 0 Å². The number of hydrogen-bond acceptors (Lipinski definition) is 3. The van der Waals surface area contributed by atoms with E-state index in [0.717, 1.165) is 12.1 Å². The molecule has 1 unspecified atom stereocenters. The SMILES string of the molecule is CC1CCN(C(=O)C2=NN(C)C(=O)CC2)c2ccccc21. The second kappa shape index (κ2) is 5.31. The number of benzene rings is 1. The number of hydrogen-bond donors (Lipinski definition) is 0. The predicted octanol–water partition coefficient (Wildman–Crippen LogP) is 2.13. The first-order chi connectivity index (χ1) is 10.1. The molecule has 1 aromatic carbocycles. The minimum atomic E-state index is -0.0753. The van der Waals surface area contributed by atoms with Crippen LogP contribution in [0, 0.1) is 0 Å². The summed E-state index contributed by atoms with van der Waals surface area (Å²) in [5.41, 5.74) is 2.66. The quantitative estimate of drug-likeness (QED) is 0.793. The molecule has 2 amide bonds. The lowest BCUT2D eigenvalue weighted by molar-refractivity contribution is -0.130. The van der Waals surface area contributed by atoms with E-state index in [1.807, 2.05) is 18.2 Å². The number of amides is 2. The Kier molecular flexibility index (Phi) is 3.49. The van der Waals surface area contributed by atoms with Gasteiger partial charge in [-0.15, -0.1) is 0 Å². The monoisotopic (exact) mass is 285 g/mol. The van der Waals surface area contributed by atoms with E-state index in [0.29, 0.717) is 31.0 Å². The van der Waals surface area contributed by atoms with Crippen molar-refractivity contribution in [1.82, 2.24) is 5.01 Å². The fraction of sp³-hybridized carbons (Fsp3) is 0.438. The Morgan fingerprint density at radius 1 is 1.29 bits per heavy atom. The van der Waals surface area contributed by atoms with Crippen LogP contribution in [0.15, 0.2) is 29.4 Å². The van der Waals surface area contributed by atoms with Crippen molar-refractivity contribution in [3.8, 4) is 0 Å². The highest BCUT2D eigenvalue weighted by Crippen LogP contribution is 2.35. The summed E-state index contributed by atoms with van der Waals surface area (Å²) in [5, 5.41) is 5.41. The second-order valence-corrected chi connectivity index (χ2v) is 5.67. The van der Waals surface area contributed by atoms with E-state index in [9.17, 15) is 9.59 Å². The number of nitrogens with zero attached hydrogens (tertiary/aromatic N) is 3. The molecule has 0 radical (unpaired) electrons. The summed E-state index contributed by atoms with van der Waals surface area (Å²) in [6, 6.07) is 8.03. The largest absolute Gasteiger partial charge is 0.307 e. The molecule has 5 heteroatoms. The molecule has 0 spiro atoms. The zero-order chi connectivity index (χ0) is 15.0. The number of para-hydroxylation sites is 1. The molecule has 2 aliphatic rings. The number of rotatable bonds is 1. The van der Waals surface area contributed by atoms with E-state index in [1.54, 1.807) is 11.9 Å². The van der Waals surface area contributed by atoms with Gasteiger partial charge in [-0.3, -0.25) is 9.59 Å². The van der Waals surface area contributed by atoms with Crippen molar-refractivity contribution in [3.05, 3.63) is 29.8 Å². The molecule has 0 saturated carbocycles. The third-order valence-corrected chi connectivity index (χ3v) is 4.24. The Hall–Kier alpha value is -2.17. The first-order valence-electron chi connectivity index (χ1n) is 7.32. The van der Waals surface area contributed by atoms with Crippen LogP contribution in [0.2, 0.25) is 0 Å². The normalized spacial score (nSPS) is 21.9. The summed E-state index contributed by atoms with van der Waals surface area (Å²) in [7, 11) is 1.60. The summed E-state index contributed by atoms with van der Waals surface area (Å²) >= 11 is 0. The molecule has 2 heterocycles. The Bertz CT molecular complexity index is 624. The highest BCUT2D eigenvalue weighted by molar-refractivity contribution is 6.44. The molecule has 0 aliphatic carbocycles. The molecule has 5 nitrogen and oxygen atoms in total. The van der Waals surface area contributed by atoms with E-state index in [1.165, 1.54) is 10.6 Å². The molecule has 1 aromatic rings.